The Hall–Kier alpha value is -2.03. The van der Waals surface area contributed by atoms with Crippen LogP contribution < -0.4 is 0 Å². The maximum absolute atomic E-state index is 11.2. The first kappa shape index (κ1) is 11.5. The third kappa shape index (κ3) is 2.75. The van der Waals surface area contributed by atoms with Crippen molar-refractivity contribution < 1.29 is 9.53 Å². The molecule has 1 aromatic heterocycles. The average Bonchev–Trinajstić information content (AvgIpc) is 2.78. The van der Waals surface area contributed by atoms with Gasteiger partial charge in [-0.15, -0.1) is 0 Å². The van der Waals surface area contributed by atoms with Gasteiger partial charge < -0.3 is 9.72 Å². The molecule has 0 atom stereocenters. The van der Waals surface area contributed by atoms with Crippen LogP contribution >= 0.6 is 0 Å². The van der Waals surface area contributed by atoms with E-state index in [4.69, 9.17) is 4.74 Å². The van der Waals surface area contributed by atoms with Gasteiger partial charge in [-0.2, -0.15) is 0 Å². The Morgan fingerprint density at radius 3 is 3.12 bits per heavy atom. The molecule has 0 unspecified atom stereocenters. The number of aromatic nitrogens is 1. The van der Waals surface area contributed by atoms with Gasteiger partial charge in [0.25, 0.3) is 0 Å². The van der Waals surface area contributed by atoms with Crippen LogP contribution in [0.2, 0.25) is 0 Å². The largest absolute Gasteiger partial charge is 0.466 e. The van der Waals surface area contributed by atoms with Gasteiger partial charge in [0.15, 0.2) is 0 Å². The van der Waals surface area contributed by atoms with Crippen molar-refractivity contribution in [3.8, 4) is 0 Å². The molecule has 0 bridgehead atoms. The van der Waals surface area contributed by atoms with E-state index in [1.165, 1.54) is 5.39 Å². The molecular formula is C14H15NO2. The van der Waals surface area contributed by atoms with E-state index in [0.29, 0.717) is 13.0 Å². The molecule has 0 amide bonds. The van der Waals surface area contributed by atoms with Gasteiger partial charge in [-0.25, -0.2) is 0 Å². The van der Waals surface area contributed by atoms with Crippen molar-refractivity contribution >= 4 is 22.9 Å². The van der Waals surface area contributed by atoms with E-state index in [-0.39, 0.29) is 5.97 Å². The molecule has 2 aromatic rings. The van der Waals surface area contributed by atoms with Crippen molar-refractivity contribution in [2.75, 3.05) is 6.61 Å². The van der Waals surface area contributed by atoms with Crippen molar-refractivity contribution in [3.05, 3.63) is 42.1 Å². The first-order chi connectivity index (χ1) is 8.31. The van der Waals surface area contributed by atoms with Gasteiger partial charge in [0.1, 0.15) is 0 Å². The van der Waals surface area contributed by atoms with E-state index in [1.807, 2.05) is 36.5 Å². The Morgan fingerprint density at radius 1 is 1.41 bits per heavy atom. The topological polar surface area (TPSA) is 42.1 Å². The van der Waals surface area contributed by atoms with Crippen LogP contribution in [0.25, 0.3) is 17.0 Å². The smallest absolute Gasteiger partial charge is 0.309 e. The molecule has 0 saturated carbocycles. The first-order valence-electron chi connectivity index (χ1n) is 5.69. The lowest BCUT2D eigenvalue weighted by atomic mass is 10.1. The number of aromatic amines is 1. The minimum atomic E-state index is -0.192. The molecule has 3 nitrogen and oxygen atoms in total. The predicted octanol–water partition coefficient (Wildman–Crippen LogP) is 3.13. The number of hydrogen-bond donors (Lipinski definition) is 1. The highest BCUT2D eigenvalue weighted by atomic mass is 16.5. The van der Waals surface area contributed by atoms with Crippen LogP contribution in [0.4, 0.5) is 0 Å². The summed E-state index contributed by atoms with van der Waals surface area (Å²) in [6.45, 7) is 2.24. The summed E-state index contributed by atoms with van der Waals surface area (Å²) in [5.74, 6) is -0.192. The second kappa shape index (κ2) is 5.34. The monoisotopic (exact) mass is 229 g/mol. The summed E-state index contributed by atoms with van der Waals surface area (Å²) in [4.78, 5) is 14.3. The Kier molecular flexibility index (Phi) is 3.60. The van der Waals surface area contributed by atoms with E-state index in [1.54, 1.807) is 6.92 Å². The quantitative estimate of drug-likeness (QED) is 0.818. The lowest BCUT2D eigenvalue weighted by Gasteiger charge is -1.98. The molecule has 2 rings (SSSR count). The maximum atomic E-state index is 11.2. The maximum Gasteiger partial charge on any atom is 0.309 e. The van der Waals surface area contributed by atoms with Gasteiger partial charge in [0, 0.05) is 6.20 Å². The number of H-pyrrole nitrogens is 1. The molecular weight excluding hydrogens is 214 g/mol. The number of carbonyl (C=O) groups is 1. The molecule has 0 fully saturated rings. The molecule has 0 spiro atoms. The average molecular weight is 229 g/mol. The number of benzene rings is 1. The van der Waals surface area contributed by atoms with Crippen molar-refractivity contribution in [1.82, 2.24) is 4.98 Å². The third-order valence-corrected chi connectivity index (χ3v) is 2.51. The Morgan fingerprint density at radius 2 is 2.29 bits per heavy atom. The zero-order valence-corrected chi connectivity index (χ0v) is 9.77. The number of esters is 1. The van der Waals surface area contributed by atoms with E-state index in [9.17, 15) is 4.79 Å². The van der Waals surface area contributed by atoms with E-state index in [2.05, 4.69) is 11.1 Å². The molecule has 1 aromatic carbocycles. The number of nitrogens with one attached hydrogen (secondary N) is 1. The molecule has 17 heavy (non-hydrogen) atoms. The van der Waals surface area contributed by atoms with Crippen LogP contribution in [-0.2, 0) is 9.53 Å². The fourth-order valence-electron chi connectivity index (χ4n) is 1.75. The minimum Gasteiger partial charge on any atom is -0.466 e. The zero-order valence-electron chi connectivity index (χ0n) is 9.77. The molecule has 0 saturated heterocycles. The summed E-state index contributed by atoms with van der Waals surface area (Å²) >= 11 is 0. The van der Waals surface area contributed by atoms with Crippen LogP contribution in [0.3, 0.4) is 0 Å². The van der Waals surface area contributed by atoms with Crippen LogP contribution in [0.15, 0.2) is 36.5 Å². The van der Waals surface area contributed by atoms with Gasteiger partial charge in [0.2, 0.25) is 0 Å². The highest BCUT2D eigenvalue weighted by Crippen LogP contribution is 2.18. The number of rotatable bonds is 4. The lowest BCUT2D eigenvalue weighted by molar-refractivity contribution is -0.142. The summed E-state index contributed by atoms with van der Waals surface area (Å²) in [5.41, 5.74) is 2.17. The SMILES string of the molecule is CCOC(=O)CC=Cc1cccc2cc[nH]c12. The van der Waals surface area contributed by atoms with E-state index in [0.717, 1.165) is 11.1 Å². The highest BCUT2D eigenvalue weighted by Gasteiger charge is 1.99. The van der Waals surface area contributed by atoms with Crippen molar-refractivity contribution in [2.45, 2.75) is 13.3 Å². The van der Waals surface area contributed by atoms with Gasteiger partial charge in [0.05, 0.1) is 18.5 Å². The number of para-hydroxylation sites is 1. The first-order valence-corrected chi connectivity index (χ1v) is 5.69. The van der Waals surface area contributed by atoms with Crippen molar-refractivity contribution in [1.29, 1.82) is 0 Å². The standard InChI is InChI=1S/C14H15NO2/c1-2-17-13(16)8-4-7-11-5-3-6-12-9-10-15-14(11)12/h3-7,9-10,15H,2,8H2,1H3. The molecule has 1 heterocycles. The zero-order chi connectivity index (χ0) is 12.1. The number of fused-ring (bicyclic) bond motifs is 1. The molecule has 0 radical (unpaired) electrons. The Balaban J connectivity index is 2.10. The fourth-order valence-corrected chi connectivity index (χ4v) is 1.75. The molecule has 3 heteroatoms. The summed E-state index contributed by atoms with van der Waals surface area (Å²) in [6.07, 6.45) is 5.99. The van der Waals surface area contributed by atoms with Crippen molar-refractivity contribution in [2.24, 2.45) is 0 Å². The molecule has 0 aliphatic rings. The normalized spacial score (nSPS) is 11.1. The number of ether oxygens (including phenoxy) is 1. The molecule has 1 N–H and O–H groups in total. The second-order valence-electron chi connectivity index (χ2n) is 3.70. The lowest BCUT2D eigenvalue weighted by Crippen LogP contribution is -2.01. The Bertz CT molecular complexity index is 540. The fraction of sp³-hybridized carbons (Fsp3) is 0.214. The van der Waals surface area contributed by atoms with E-state index < -0.39 is 0 Å². The summed E-state index contributed by atoms with van der Waals surface area (Å²) in [7, 11) is 0. The van der Waals surface area contributed by atoms with Gasteiger partial charge in [-0.1, -0.05) is 30.4 Å². The Labute approximate surface area is 100 Å². The predicted molar refractivity (Wildman–Crippen MR) is 68.6 cm³/mol. The highest BCUT2D eigenvalue weighted by molar-refractivity contribution is 5.88. The van der Waals surface area contributed by atoms with Gasteiger partial charge >= 0.3 is 5.97 Å². The molecule has 0 aliphatic heterocycles. The van der Waals surface area contributed by atoms with Gasteiger partial charge in [-0.3, -0.25) is 4.79 Å². The van der Waals surface area contributed by atoms with Crippen molar-refractivity contribution in [3.63, 3.8) is 0 Å². The second-order valence-corrected chi connectivity index (χ2v) is 3.70. The van der Waals surface area contributed by atoms with E-state index >= 15 is 0 Å². The summed E-state index contributed by atoms with van der Waals surface area (Å²) < 4.78 is 4.85. The van der Waals surface area contributed by atoms with Crippen LogP contribution in [-0.4, -0.2) is 17.6 Å². The van der Waals surface area contributed by atoms with Crippen LogP contribution in [0, 0.1) is 0 Å². The molecule has 0 aliphatic carbocycles. The van der Waals surface area contributed by atoms with Gasteiger partial charge in [-0.05, 0) is 23.9 Å². The van der Waals surface area contributed by atoms with Crippen LogP contribution in [0.1, 0.15) is 18.9 Å². The number of hydrogen-bond acceptors (Lipinski definition) is 2. The van der Waals surface area contributed by atoms with Crippen LogP contribution in [0.5, 0.6) is 0 Å². The minimum absolute atomic E-state index is 0.192. The summed E-state index contributed by atoms with van der Waals surface area (Å²) in [6, 6.07) is 8.09. The number of carbonyl (C=O) groups excluding carboxylic acids is 1. The summed E-state index contributed by atoms with van der Waals surface area (Å²) in [5, 5.41) is 1.17. The molecule has 88 valence electrons. The third-order valence-electron chi connectivity index (χ3n) is 2.51.